The smallest absolute Gasteiger partial charge is 0.142 e. The monoisotopic (exact) mass is 253 g/mol. The molecule has 98 valence electrons. The van der Waals surface area contributed by atoms with Crippen LogP contribution in [0, 0.1) is 13.8 Å². The molecule has 2 heteroatoms. The third-order valence-corrected chi connectivity index (χ3v) is 3.80. The Morgan fingerprint density at radius 2 is 2.00 bits per heavy atom. The molecule has 1 aliphatic heterocycles. The largest absolute Gasteiger partial charge is 0.487 e. The molecule has 0 fully saturated rings. The van der Waals surface area contributed by atoms with Crippen molar-refractivity contribution in [1.29, 1.82) is 0 Å². The van der Waals surface area contributed by atoms with Gasteiger partial charge in [0, 0.05) is 0 Å². The second kappa shape index (κ2) is 4.61. The Hall–Kier alpha value is -1.96. The van der Waals surface area contributed by atoms with Crippen LogP contribution in [-0.2, 0) is 0 Å². The first-order valence-electron chi connectivity index (χ1n) is 6.76. The van der Waals surface area contributed by atoms with E-state index in [9.17, 15) is 0 Å². The zero-order valence-corrected chi connectivity index (χ0v) is 11.7. The van der Waals surface area contributed by atoms with Crippen LogP contribution in [0.5, 0.6) is 5.75 Å². The van der Waals surface area contributed by atoms with Crippen molar-refractivity contribution in [3.05, 3.63) is 47.5 Å². The van der Waals surface area contributed by atoms with Crippen LogP contribution in [0.25, 0.3) is 11.1 Å². The minimum absolute atomic E-state index is 0.235. The van der Waals surface area contributed by atoms with Crippen molar-refractivity contribution in [1.82, 2.24) is 0 Å². The molecule has 1 atom stereocenters. The van der Waals surface area contributed by atoms with Gasteiger partial charge >= 0.3 is 0 Å². The van der Waals surface area contributed by atoms with Crippen molar-refractivity contribution in [2.24, 2.45) is 0 Å². The topological polar surface area (TPSA) is 21.3 Å². The van der Waals surface area contributed by atoms with E-state index in [1.54, 1.807) is 0 Å². The van der Waals surface area contributed by atoms with Gasteiger partial charge in [-0.05, 0) is 55.2 Å². The molecule has 0 bridgehead atoms. The van der Waals surface area contributed by atoms with E-state index in [0.717, 1.165) is 18.0 Å². The molecule has 0 radical (unpaired) electrons. The molecule has 0 saturated heterocycles. The predicted octanol–water partition coefficient (Wildman–Crippen LogP) is 4.16. The van der Waals surface area contributed by atoms with Crippen molar-refractivity contribution in [2.45, 2.75) is 26.9 Å². The summed E-state index contributed by atoms with van der Waals surface area (Å²) in [6.45, 7) is 7.27. The number of nitrogens with one attached hydrogen (secondary N) is 1. The zero-order valence-electron chi connectivity index (χ0n) is 11.7. The maximum atomic E-state index is 5.81. The number of hydrogen-bond donors (Lipinski definition) is 1. The van der Waals surface area contributed by atoms with Crippen LogP contribution < -0.4 is 10.1 Å². The van der Waals surface area contributed by atoms with E-state index in [0.29, 0.717) is 0 Å². The Bertz CT molecular complexity index is 619. The molecule has 1 unspecified atom stereocenters. The number of hydrogen-bond acceptors (Lipinski definition) is 2. The minimum atomic E-state index is 0.235. The van der Waals surface area contributed by atoms with Crippen LogP contribution in [0.1, 0.15) is 18.1 Å². The number of aryl methyl sites for hydroxylation is 1. The normalized spacial score (nSPS) is 17.3. The zero-order chi connectivity index (χ0) is 13.4. The van der Waals surface area contributed by atoms with Crippen molar-refractivity contribution in [3.8, 4) is 16.9 Å². The Balaban J connectivity index is 2.05. The summed E-state index contributed by atoms with van der Waals surface area (Å²) in [5.74, 6) is 0.952. The quantitative estimate of drug-likeness (QED) is 0.823. The third kappa shape index (κ3) is 2.19. The van der Waals surface area contributed by atoms with Gasteiger partial charge in [0.25, 0.3) is 0 Å². The van der Waals surface area contributed by atoms with Crippen molar-refractivity contribution in [2.75, 3.05) is 11.9 Å². The maximum absolute atomic E-state index is 5.81. The van der Waals surface area contributed by atoms with Gasteiger partial charge in [0.05, 0.1) is 12.2 Å². The molecule has 1 aliphatic rings. The Morgan fingerprint density at radius 1 is 1.16 bits per heavy atom. The average molecular weight is 253 g/mol. The highest BCUT2D eigenvalue weighted by Crippen LogP contribution is 2.35. The van der Waals surface area contributed by atoms with Crippen LogP contribution in [0.15, 0.2) is 36.4 Å². The molecule has 19 heavy (non-hydrogen) atoms. The van der Waals surface area contributed by atoms with E-state index in [1.165, 1.54) is 22.3 Å². The van der Waals surface area contributed by atoms with Crippen LogP contribution >= 0.6 is 0 Å². The summed E-state index contributed by atoms with van der Waals surface area (Å²) in [5, 5.41) is 3.43. The fourth-order valence-corrected chi connectivity index (χ4v) is 2.51. The fourth-order valence-electron chi connectivity index (χ4n) is 2.51. The van der Waals surface area contributed by atoms with Crippen molar-refractivity contribution >= 4 is 5.69 Å². The van der Waals surface area contributed by atoms with Gasteiger partial charge in [0.1, 0.15) is 11.9 Å². The lowest BCUT2D eigenvalue weighted by Gasteiger charge is -2.25. The van der Waals surface area contributed by atoms with Gasteiger partial charge in [-0.3, -0.25) is 0 Å². The second-order valence-electron chi connectivity index (χ2n) is 5.27. The van der Waals surface area contributed by atoms with Crippen LogP contribution in [0.2, 0.25) is 0 Å². The van der Waals surface area contributed by atoms with Gasteiger partial charge in [0.15, 0.2) is 0 Å². The number of anilines is 1. The summed E-state index contributed by atoms with van der Waals surface area (Å²) in [5.41, 5.74) is 6.30. The highest BCUT2D eigenvalue weighted by Gasteiger charge is 2.16. The average Bonchev–Trinajstić information content (AvgIpc) is 2.41. The highest BCUT2D eigenvalue weighted by molar-refractivity contribution is 5.75. The number of benzene rings is 2. The number of ether oxygens (including phenoxy) is 1. The number of rotatable bonds is 1. The summed E-state index contributed by atoms with van der Waals surface area (Å²) in [7, 11) is 0. The Labute approximate surface area is 114 Å². The van der Waals surface area contributed by atoms with Gasteiger partial charge in [-0.15, -0.1) is 0 Å². The van der Waals surface area contributed by atoms with Crippen molar-refractivity contribution in [3.63, 3.8) is 0 Å². The molecule has 0 amide bonds. The van der Waals surface area contributed by atoms with E-state index in [1.807, 2.05) is 0 Å². The van der Waals surface area contributed by atoms with E-state index >= 15 is 0 Å². The number of fused-ring (bicyclic) bond motifs is 1. The molecule has 0 aliphatic carbocycles. The second-order valence-corrected chi connectivity index (χ2v) is 5.27. The fraction of sp³-hybridized carbons (Fsp3) is 0.294. The van der Waals surface area contributed by atoms with Crippen LogP contribution in [0.3, 0.4) is 0 Å². The van der Waals surface area contributed by atoms with E-state index in [2.05, 4.69) is 62.5 Å². The lowest BCUT2D eigenvalue weighted by Crippen LogP contribution is -2.27. The van der Waals surface area contributed by atoms with Gasteiger partial charge in [-0.25, -0.2) is 0 Å². The first-order chi connectivity index (χ1) is 9.15. The van der Waals surface area contributed by atoms with E-state index in [4.69, 9.17) is 4.74 Å². The van der Waals surface area contributed by atoms with Crippen molar-refractivity contribution < 1.29 is 4.74 Å². The molecule has 0 spiro atoms. The molecule has 3 rings (SSSR count). The first kappa shape index (κ1) is 12.1. The minimum Gasteiger partial charge on any atom is -0.487 e. The molecule has 2 aromatic rings. The summed E-state index contributed by atoms with van der Waals surface area (Å²) < 4.78 is 5.81. The summed E-state index contributed by atoms with van der Waals surface area (Å²) >= 11 is 0. The summed E-state index contributed by atoms with van der Waals surface area (Å²) in [4.78, 5) is 0. The standard InChI is InChI=1S/C17H19NO/c1-11-5-4-6-15(13(11)3)14-7-8-17-16(9-14)18-10-12(2)19-17/h4-9,12,18H,10H2,1-3H3. The van der Waals surface area contributed by atoms with E-state index in [-0.39, 0.29) is 6.10 Å². The molecular formula is C17H19NO. The van der Waals surface area contributed by atoms with Gasteiger partial charge in [-0.2, -0.15) is 0 Å². The lowest BCUT2D eigenvalue weighted by atomic mass is 9.96. The summed E-state index contributed by atoms with van der Waals surface area (Å²) in [6, 6.07) is 12.8. The molecule has 2 aromatic carbocycles. The highest BCUT2D eigenvalue weighted by atomic mass is 16.5. The van der Waals surface area contributed by atoms with E-state index < -0.39 is 0 Å². The molecule has 1 N–H and O–H groups in total. The van der Waals surface area contributed by atoms with Gasteiger partial charge in [0.2, 0.25) is 0 Å². The van der Waals surface area contributed by atoms with Gasteiger partial charge < -0.3 is 10.1 Å². The Morgan fingerprint density at radius 3 is 2.84 bits per heavy atom. The molecular weight excluding hydrogens is 234 g/mol. The molecule has 1 heterocycles. The molecule has 2 nitrogen and oxygen atoms in total. The predicted molar refractivity (Wildman–Crippen MR) is 79.9 cm³/mol. The molecule has 0 saturated carbocycles. The summed E-state index contributed by atoms with van der Waals surface area (Å²) in [6.07, 6.45) is 0.235. The van der Waals surface area contributed by atoms with Gasteiger partial charge in [-0.1, -0.05) is 24.3 Å². The molecule has 0 aromatic heterocycles. The lowest BCUT2D eigenvalue weighted by molar-refractivity contribution is 0.226. The maximum Gasteiger partial charge on any atom is 0.142 e. The van der Waals surface area contributed by atoms with Crippen LogP contribution in [-0.4, -0.2) is 12.6 Å². The van der Waals surface area contributed by atoms with Crippen LogP contribution in [0.4, 0.5) is 5.69 Å². The third-order valence-electron chi connectivity index (χ3n) is 3.80. The first-order valence-corrected chi connectivity index (χ1v) is 6.76. The Kier molecular flexibility index (Phi) is 2.94. The SMILES string of the molecule is Cc1cccc(-c2ccc3c(c2)NCC(C)O3)c1C.